The van der Waals surface area contributed by atoms with Gasteiger partial charge in [0, 0.05) is 17.7 Å². The van der Waals surface area contributed by atoms with E-state index in [-0.39, 0.29) is 30.2 Å². The number of hydrogen-bond donors (Lipinski definition) is 4. The predicted octanol–water partition coefficient (Wildman–Crippen LogP) is 5.50. The number of benzene rings is 3. The van der Waals surface area contributed by atoms with E-state index in [1.165, 1.54) is 36.9 Å². The smallest absolute Gasteiger partial charge is 0.408 e. The van der Waals surface area contributed by atoms with Gasteiger partial charge in [-0.2, -0.15) is 0 Å². The average Bonchev–Trinajstić information content (AvgIpc) is 3.06. The van der Waals surface area contributed by atoms with Crippen molar-refractivity contribution in [3.8, 4) is 0 Å². The summed E-state index contributed by atoms with van der Waals surface area (Å²) in [6.07, 6.45) is 2.08. The van der Waals surface area contributed by atoms with Gasteiger partial charge in [0.2, 0.25) is 11.8 Å². The van der Waals surface area contributed by atoms with Crippen molar-refractivity contribution >= 4 is 35.5 Å². The van der Waals surface area contributed by atoms with Crippen molar-refractivity contribution < 1.29 is 33.4 Å². The number of nitrogens with one attached hydrogen (secondary N) is 4. The van der Waals surface area contributed by atoms with Crippen molar-refractivity contribution in [1.29, 1.82) is 0 Å². The zero-order valence-electron chi connectivity index (χ0n) is 28.9. The van der Waals surface area contributed by atoms with E-state index in [4.69, 9.17) is 9.47 Å². The molecule has 3 atom stereocenters. The Morgan fingerprint density at radius 3 is 2.12 bits per heavy atom. The highest BCUT2D eigenvalue weighted by Crippen LogP contribution is 2.29. The molecule has 4 amide bonds. The molecular weight excluding hydrogens is 624 g/mol. The van der Waals surface area contributed by atoms with Gasteiger partial charge in [0.25, 0.3) is 5.91 Å². The predicted molar refractivity (Wildman–Crippen MR) is 186 cm³/mol. The van der Waals surface area contributed by atoms with Gasteiger partial charge >= 0.3 is 12.1 Å². The molecule has 4 rings (SSSR count). The molecule has 4 N–H and O–H groups in total. The van der Waals surface area contributed by atoms with Crippen LogP contribution in [0.4, 0.5) is 10.5 Å². The van der Waals surface area contributed by atoms with Crippen LogP contribution < -0.4 is 21.3 Å². The number of amides is 4. The van der Waals surface area contributed by atoms with Crippen LogP contribution in [0.25, 0.3) is 0 Å². The number of alkyl carbamates (subject to hydrolysis) is 1. The van der Waals surface area contributed by atoms with Gasteiger partial charge < -0.3 is 30.7 Å². The lowest BCUT2D eigenvalue weighted by molar-refractivity contribution is -0.131. The first-order valence-electron chi connectivity index (χ1n) is 16.5. The molecule has 0 spiro atoms. The maximum Gasteiger partial charge on any atom is 0.408 e. The van der Waals surface area contributed by atoms with E-state index in [0.29, 0.717) is 16.8 Å². The Hall–Kier alpha value is -5.19. The van der Waals surface area contributed by atoms with Gasteiger partial charge in [-0.25, -0.2) is 9.59 Å². The number of rotatable bonds is 11. The molecule has 0 unspecified atom stereocenters. The molecule has 0 fully saturated rings. The molecule has 11 nitrogen and oxygen atoms in total. The van der Waals surface area contributed by atoms with Crippen LogP contribution in [0.5, 0.6) is 0 Å². The largest absolute Gasteiger partial charge is 0.465 e. The van der Waals surface area contributed by atoms with Gasteiger partial charge in [-0.1, -0.05) is 50.2 Å². The van der Waals surface area contributed by atoms with Gasteiger partial charge in [0.15, 0.2) is 0 Å². The first kappa shape index (κ1) is 36.6. The molecule has 3 aromatic rings. The minimum Gasteiger partial charge on any atom is -0.465 e. The van der Waals surface area contributed by atoms with Crippen LogP contribution in [0.2, 0.25) is 0 Å². The summed E-state index contributed by atoms with van der Waals surface area (Å²) >= 11 is 0. The Morgan fingerprint density at radius 1 is 0.837 bits per heavy atom. The van der Waals surface area contributed by atoms with Crippen molar-refractivity contribution in [3.63, 3.8) is 0 Å². The Balaban J connectivity index is 1.50. The zero-order chi connectivity index (χ0) is 35.7. The molecule has 1 aliphatic carbocycles. The fourth-order valence-corrected chi connectivity index (χ4v) is 5.66. The number of carbonyl (C=O) groups excluding carboxylic acids is 5. The summed E-state index contributed by atoms with van der Waals surface area (Å²) < 4.78 is 10.1. The fourth-order valence-electron chi connectivity index (χ4n) is 5.66. The summed E-state index contributed by atoms with van der Waals surface area (Å²) in [7, 11) is 1.29. The number of hydrogen-bond acceptors (Lipinski definition) is 7. The molecule has 11 heteroatoms. The molecule has 0 saturated heterocycles. The molecule has 0 aliphatic heterocycles. The van der Waals surface area contributed by atoms with Crippen molar-refractivity contribution in [2.45, 2.75) is 84.0 Å². The Labute approximate surface area is 287 Å². The van der Waals surface area contributed by atoms with Crippen LogP contribution in [-0.4, -0.2) is 54.6 Å². The molecule has 0 saturated carbocycles. The van der Waals surface area contributed by atoms with E-state index in [1.54, 1.807) is 58.9 Å². The first-order valence-corrected chi connectivity index (χ1v) is 16.5. The summed E-state index contributed by atoms with van der Waals surface area (Å²) in [6.45, 7) is 8.82. The third-order valence-electron chi connectivity index (χ3n) is 8.16. The lowest BCUT2D eigenvalue weighted by Crippen LogP contribution is -2.56. The molecule has 3 aromatic carbocycles. The highest BCUT2D eigenvalue weighted by atomic mass is 16.6. The molecule has 260 valence electrons. The van der Waals surface area contributed by atoms with E-state index in [2.05, 4.69) is 27.3 Å². The van der Waals surface area contributed by atoms with Crippen LogP contribution in [0.3, 0.4) is 0 Å². The number of ether oxygens (including phenoxy) is 2. The highest BCUT2D eigenvalue weighted by molar-refractivity contribution is 6.04. The van der Waals surface area contributed by atoms with Crippen molar-refractivity contribution in [2.24, 2.45) is 5.92 Å². The Morgan fingerprint density at radius 2 is 1.49 bits per heavy atom. The average molecular weight is 671 g/mol. The second-order valence-electron chi connectivity index (χ2n) is 13.5. The molecule has 1 aliphatic rings. The first-order chi connectivity index (χ1) is 23.2. The van der Waals surface area contributed by atoms with Crippen LogP contribution in [0.1, 0.15) is 90.9 Å². The summed E-state index contributed by atoms with van der Waals surface area (Å²) in [5, 5.41) is 11.5. The van der Waals surface area contributed by atoms with Crippen molar-refractivity contribution in [1.82, 2.24) is 16.0 Å². The van der Waals surface area contributed by atoms with Gasteiger partial charge in [-0.3, -0.25) is 14.4 Å². The van der Waals surface area contributed by atoms with Crippen LogP contribution in [-0.2, 0) is 31.9 Å². The second kappa shape index (κ2) is 16.3. The second-order valence-corrected chi connectivity index (χ2v) is 13.5. The fraction of sp³-hybridized carbons (Fsp3) is 0.395. The maximum atomic E-state index is 13.9. The van der Waals surface area contributed by atoms with E-state index in [1.807, 2.05) is 18.2 Å². The molecule has 49 heavy (non-hydrogen) atoms. The van der Waals surface area contributed by atoms with Crippen LogP contribution in [0.15, 0.2) is 72.8 Å². The number of anilines is 1. The van der Waals surface area contributed by atoms with Gasteiger partial charge in [0.05, 0.1) is 18.7 Å². The summed E-state index contributed by atoms with van der Waals surface area (Å²) in [5.41, 5.74) is 3.48. The quantitative estimate of drug-likeness (QED) is 0.197. The van der Waals surface area contributed by atoms with Gasteiger partial charge in [0.1, 0.15) is 17.7 Å². The third-order valence-corrected chi connectivity index (χ3v) is 8.16. The zero-order valence-corrected chi connectivity index (χ0v) is 28.9. The van der Waals surface area contributed by atoms with E-state index >= 15 is 0 Å². The van der Waals surface area contributed by atoms with E-state index < -0.39 is 35.7 Å². The summed E-state index contributed by atoms with van der Waals surface area (Å²) in [5.74, 6) is -2.00. The van der Waals surface area contributed by atoms with Gasteiger partial charge in [-0.05, 0) is 99.0 Å². The number of methoxy groups -OCH3 is 1. The number of esters is 1. The SMILES string of the molecule is COC(=O)c1ccc(C(=O)Nc2ccc(C[C@H](NC(=O)[C@@H](NC(=O)OC(C)(C)C)C(C)C)C(=O)N[C@@H]3CCCc4ccccc43)cc2)cc1. The molecular formula is C38H46N4O7. The molecule has 0 heterocycles. The standard InChI is InChI=1S/C38H46N4O7/c1-23(2)32(42-37(47)49-38(3,4)5)35(45)41-31(34(44)40-30-13-9-11-25-10-7-8-12-29(25)30)22-24-14-20-28(21-15-24)39-33(43)26-16-18-27(19-17-26)36(46)48-6/h7-8,10,12,14-21,23,30-32H,9,11,13,22H2,1-6H3,(H,39,43)(H,40,44)(H,41,45)(H,42,47)/t30-,31+,32+/m1/s1. The monoisotopic (exact) mass is 670 g/mol. The van der Waals surface area contributed by atoms with E-state index in [0.717, 1.165) is 30.4 Å². The number of carbonyl (C=O) groups is 5. The minimum atomic E-state index is -0.961. The number of fused-ring (bicyclic) bond motifs is 1. The Bertz CT molecular complexity index is 1650. The Kier molecular flexibility index (Phi) is 12.2. The normalized spacial score (nSPS) is 15.2. The maximum absolute atomic E-state index is 13.9. The van der Waals surface area contributed by atoms with Crippen LogP contribution in [0, 0.1) is 5.92 Å². The van der Waals surface area contributed by atoms with Crippen molar-refractivity contribution in [3.05, 3.63) is 101 Å². The van der Waals surface area contributed by atoms with Crippen molar-refractivity contribution in [2.75, 3.05) is 12.4 Å². The highest BCUT2D eigenvalue weighted by Gasteiger charge is 2.32. The molecule has 0 aromatic heterocycles. The summed E-state index contributed by atoms with van der Waals surface area (Å²) in [6, 6.07) is 19.0. The van der Waals surface area contributed by atoms with E-state index in [9.17, 15) is 24.0 Å². The lowest BCUT2D eigenvalue weighted by Gasteiger charge is -2.30. The van der Waals surface area contributed by atoms with Crippen LogP contribution >= 0.6 is 0 Å². The minimum absolute atomic E-state index is 0.159. The molecule has 0 radical (unpaired) electrons. The van der Waals surface area contributed by atoms with Gasteiger partial charge in [-0.15, -0.1) is 0 Å². The lowest BCUT2D eigenvalue weighted by atomic mass is 9.87. The third kappa shape index (κ3) is 10.4. The molecule has 0 bridgehead atoms. The topological polar surface area (TPSA) is 152 Å². The summed E-state index contributed by atoms with van der Waals surface area (Å²) in [4.78, 5) is 64.6. The number of aryl methyl sites for hydroxylation is 1.